The molecular formula is C25H24ClN3O. The lowest BCUT2D eigenvalue weighted by Crippen LogP contribution is -2.22. The van der Waals surface area contributed by atoms with Gasteiger partial charge in [-0.1, -0.05) is 66.2 Å². The summed E-state index contributed by atoms with van der Waals surface area (Å²) >= 11 is 6.54. The number of benzene rings is 3. The Bertz CT molecular complexity index is 1090. The van der Waals surface area contributed by atoms with Gasteiger partial charge in [0.05, 0.1) is 5.02 Å². The Balaban J connectivity index is 1.25. The van der Waals surface area contributed by atoms with E-state index >= 15 is 0 Å². The Labute approximate surface area is 182 Å². The van der Waals surface area contributed by atoms with Crippen molar-refractivity contribution in [1.82, 2.24) is 4.90 Å². The van der Waals surface area contributed by atoms with Crippen LogP contribution in [0.2, 0.25) is 5.02 Å². The highest BCUT2D eigenvalue weighted by Crippen LogP contribution is 2.38. The van der Waals surface area contributed by atoms with Crippen LogP contribution in [0.15, 0.2) is 77.0 Å². The van der Waals surface area contributed by atoms with Crippen molar-refractivity contribution in [2.75, 3.05) is 13.1 Å². The van der Waals surface area contributed by atoms with Crippen LogP contribution in [0.4, 0.5) is 0 Å². The molecule has 0 amide bonds. The maximum absolute atomic E-state index is 6.54. The molecule has 2 aliphatic rings. The molecule has 1 saturated heterocycles. The molecule has 5 heteroatoms. The van der Waals surface area contributed by atoms with Crippen molar-refractivity contribution in [3.8, 4) is 16.9 Å². The minimum Gasteiger partial charge on any atom is -0.487 e. The Morgan fingerprint density at radius 1 is 1.03 bits per heavy atom. The summed E-state index contributed by atoms with van der Waals surface area (Å²) in [6.45, 7) is 5.45. The number of nitrogens with zero attached hydrogens (tertiary/aromatic N) is 3. The maximum Gasteiger partial charge on any atom is 0.204 e. The fourth-order valence-electron chi connectivity index (χ4n) is 4.17. The molecule has 0 radical (unpaired) electrons. The molecular weight excluding hydrogens is 394 g/mol. The third kappa shape index (κ3) is 3.98. The highest BCUT2D eigenvalue weighted by atomic mass is 35.5. The average Bonchev–Trinajstić information content (AvgIpc) is 3.40. The third-order valence-electron chi connectivity index (χ3n) is 6.00. The fourth-order valence-corrected chi connectivity index (χ4v) is 4.42. The number of hydrogen-bond donors (Lipinski definition) is 0. The van der Waals surface area contributed by atoms with Crippen LogP contribution in [-0.2, 0) is 13.2 Å². The monoisotopic (exact) mass is 417 g/mol. The van der Waals surface area contributed by atoms with Crippen LogP contribution in [0.3, 0.4) is 0 Å². The summed E-state index contributed by atoms with van der Waals surface area (Å²) in [5.74, 6) is 0.718. The molecule has 1 spiro atoms. The zero-order valence-corrected chi connectivity index (χ0v) is 17.8. The Morgan fingerprint density at radius 3 is 2.60 bits per heavy atom. The summed E-state index contributed by atoms with van der Waals surface area (Å²) in [4.78, 5) is 2.38. The van der Waals surface area contributed by atoms with Crippen molar-refractivity contribution in [1.29, 1.82) is 0 Å². The first-order chi connectivity index (χ1) is 14.6. The molecule has 0 aromatic heterocycles. The minimum absolute atomic E-state index is 0.0843. The molecule has 152 valence electrons. The van der Waals surface area contributed by atoms with Gasteiger partial charge in [0, 0.05) is 26.1 Å². The number of halogens is 1. The van der Waals surface area contributed by atoms with E-state index in [1.165, 1.54) is 22.3 Å². The molecule has 0 N–H and O–H groups in total. The molecule has 3 aromatic carbocycles. The molecule has 2 heterocycles. The van der Waals surface area contributed by atoms with E-state index in [1.807, 2.05) is 18.2 Å². The third-order valence-corrected chi connectivity index (χ3v) is 6.30. The molecule has 5 rings (SSSR count). The zero-order valence-electron chi connectivity index (χ0n) is 17.0. The van der Waals surface area contributed by atoms with Gasteiger partial charge < -0.3 is 4.74 Å². The van der Waals surface area contributed by atoms with E-state index in [-0.39, 0.29) is 5.66 Å². The standard InChI is InChI=1S/C25H24ClN3O/c1-18-21(8-5-9-22(18)20-6-3-2-4-7-20)16-30-24-11-10-19(14-23(24)26)15-29-13-12-25(17-29)27-28-25/h2-11,14H,12-13,15-17H2,1H3. The molecule has 2 aliphatic heterocycles. The molecule has 30 heavy (non-hydrogen) atoms. The second-order valence-corrected chi connectivity index (χ2v) is 8.56. The van der Waals surface area contributed by atoms with E-state index in [0.29, 0.717) is 11.6 Å². The summed E-state index contributed by atoms with van der Waals surface area (Å²) in [5, 5.41) is 9.01. The Morgan fingerprint density at radius 2 is 1.87 bits per heavy atom. The first-order valence-electron chi connectivity index (χ1n) is 10.3. The zero-order chi connectivity index (χ0) is 20.6. The van der Waals surface area contributed by atoms with Crippen molar-refractivity contribution < 1.29 is 4.74 Å². The number of hydrogen-bond acceptors (Lipinski definition) is 4. The van der Waals surface area contributed by atoms with Crippen LogP contribution >= 0.6 is 11.6 Å². The second-order valence-electron chi connectivity index (χ2n) is 8.15. The van der Waals surface area contributed by atoms with Crippen molar-refractivity contribution in [3.63, 3.8) is 0 Å². The van der Waals surface area contributed by atoms with Gasteiger partial charge in [-0.15, -0.1) is 0 Å². The van der Waals surface area contributed by atoms with Crippen LogP contribution in [0.1, 0.15) is 23.1 Å². The van der Waals surface area contributed by atoms with Gasteiger partial charge >= 0.3 is 0 Å². The van der Waals surface area contributed by atoms with E-state index in [0.717, 1.165) is 37.4 Å². The lowest BCUT2D eigenvalue weighted by Gasteiger charge is -2.16. The van der Waals surface area contributed by atoms with Gasteiger partial charge in [-0.05, 0) is 46.9 Å². The van der Waals surface area contributed by atoms with E-state index in [2.05, 4.69) is 70.6 Å². The van der Waals surface area contributed by atoms with Gasteiger partial charge in [-0.2, -0.15) is 10.2 Å². The predicted molar refractivity (Wildman–Crippen MR) is 120 cm³/mol. The van der Waals surface area contributed by atoms with Gasteiger partial charge in [0.25, 0.3) is 0 Å². The number of ether oxygens (including phenoxy) is 1. The van der Waals surface area contributed by atoms with Gasteiger partial charge in [0.1, 0.15) is 12.4 Å². The smallest absolute Gasteiger partial charge is 0.204 e. The lowest BCUT2D eigenvalue weighted by molar-refractivity contribution is 0.304. The summed E-state index contributed by atoms with van der Waals surface area (Å²) in [6.07, 6.45) is 1.03. The van der Waals surface area contributed by atoms with Crippen molar-refractivity contribution in [2.24, 2.45) is 10.2 Å². The topological polar surface area (TPSA) is 37.2 Å². The molecule has 0 bridgehead atoms. The van der Waals surface area contributed by atoms with Gasteiger partial charge in [0.15, 0.2) is 0 Å². The SMILES string of the molecule is Cc1c(COc2ccc(CN3CCC4(C3)N=N4)cc2Cl)cccc1-c1ccccc1. The van der Waals surface area contributed by atoms with E-state index in [1.54, 1.807) is 0 Å². The summed E-state index contributed by atoms with van der Waals surface area (Å²) in [6, 6.07) is 22.9. The quantitative estimate of drug-likeness (QED) is 0.474. The Hall–Kier alpha value is -2.69. The second kappa shape index (κ2) is 7.86. The van der Waals surface area contributed by atoms with Gasteiger partial charge in [-0.25, -0.2) is 0 Å². The molecule has 4 nitrogen and oxygen atoms in total. The molecule has 0 aliphatic carbocycles. The molecule has 3 aromatic rings. The fraction of sp³-hybridized carbons (Fsp3) is 0.280. The van der Waals surface area contributed by atoms with E-state index < -0.39 is 0 Å². The summed E-state index contributed by atoms with van der Waals surface area (Å²) < 4.78 is 6.09. The van der Waals surface area contributed by atoms with Crippen LogP contribution in [-0.4, -0.2) is 23.7 Å². The highest BCUT2D eigenvalue weighted by Gasteiger charge is 2.46. The van der Waals surface area contributed by atoms with E-state index in [9.17, 15) is 0 Å². The number of likely N-dealkylation sites (tertiary alicyclic amines) is 1. The van der Waals surface area contributed by atoms with Crippen molar-refractivity contribution in [3.05, 3.63) is 88.4 Å². The largest absolute Gasteiger partial charge is 0.487 e. The first-order valence-corrected chi connectivity index (χ1v) is 10.7. The molecule has 0 atom stereocenters. The Kier molecular flexibility index (Phi) is 5.05. The van der Waals surface area contributed by atoms with Crippen molar-refractivity contribution in [2.45, 2.75) is 32.2 Å². The summed E-state index contributed by atoms with van der Waals surface area (Å²) in [5.41, 5.74) is 5.95. The summed E-state index contributed by atoms with van der Waals surface area (Å²) in [7, 11) is 0. The predicted octanol–water partition coefficient (Wildman–Crippen LogP) is 6.26. The molecule has 0 unspecified atom stereocenters. The maximum atomic E-state index is 6.54. The van der Waals surface area contributed by atoms with Crippen LogP contribution < -0.4 is 4.74 Å². The normalized spacial score (nSPS) is 16.9. The van der Waals surface area contributed by atoms with Crippen LogP contribution in [0.5, 0.6) is 5.75 Å². The molecule has 1 fully saturated rings. The van der Waals surface area contributed by atoms with Crippen LogP contribution in [0, 0.1) is 6.92 Å². The van der Waals surface area contributed by atoms with Crippen LogP contribution in [0.25, 0.3) is 11.1 Å². The minimum atomic E-state index is -0.0843. The molecule has 0 saturated carbocycles. The lowest BCUT2D eigenvalue weighted by atomic mass is 9.97. The van der Waals surface area contributed by atoms with Gasteiger partial charge in [0.2, 0.25) is 5.66 Å². The average molecular weight is 418 g/mol. The van der Waals surface area contributed by atoms with Crippen molar-refractivity contribution >= 4 is 11.6 Å². The van der Waals surface area contributed by atoms with Gasteiger partial charge in [-0.3, -0.25) is 4.90 Å². The highest BCUT2D eigenvalue weighted by molar-refractivity contribution is 6.32. The van der Waals surface area contributed by atoms with E-state index in [4.69, 9.17) is 16.3 Å². The first kappa shape index (κ1) is 19.3. The number of rotatable bonds is 6.